The molecule has 0 aromatic heterocycles. The van der Waals surface area contributed by atoms with E-state index in [0.717, 1.165) is 5.56 Å². The lowest BCUT2D eigenvalue weighted by Gasteiger charge is -2.08. The second kappa shape index (κ2) is 4.98. The fraction of sp³-hybridized carbons (Fsp3) is 0.200. The van der Waals surface area contributed by atoms with Crippen molar-refractivity contribution in [1.82, 2.24) is 5.48 Å². The molecular formula is C10H11N3O2. The van der Waals surface area contributed by atoms with Crippen molar-refractivity contribution in [2.75, 3.05) is 12.4 Å². The number of hydroxylamine groups is 1. The second-order valence-corrected chi connectivity index (χ2v) is 2.90. The maximum absolute atomic E-state index is 11.1. The van der Waals surface area contributed by atoms with Gasteiger partial charge in [0.25, 0.3) is 0 Å². The smallest absolute Gasteiger partial charge is 0.306 e. The van der Waals surface area contributed by atoms with E-state index in [9.17, 15) is 4.79 Å². The van der Waals surface area contributed by atoms with Crippen molar-refractivity contribution >= 4 is 11.7 Å². The molecule has 0 aliphatic carbocycles. The van der Waals surface area contributed by atoms with Gasteiger partial charge in [0.15, 0.2) is 0 Å². The Balaban J connectivity index is 2.79. The molecule has 0 aliphatic heterocycles. The number of anilines is 1. The number of nitrogens with zero attached hydrogens (tertiary/aromatic N) is 1. The van der Waals surface area contributed by atoms with E-state index in [2.05, 4.69) is 15.6 Å². The van der Waals surface area contributed by atoms with Crippen molar-refractivity contribution in [3.05, 3.63) is 29.3 Å². The number of carbonyl (C=O) groups excluding carboxylic acids is 1. The van der Waals surface area contributed by atoms with Gasteiger partial charge in [-0.1, -0.05) is 0 Å². The fourth-order valence-electron chi connectivity index (χ4n) is 1.11. The quantitative estimate of drug-likeness (QED) is 0.719. The molecule has 0 saturated carbocycles. The van der Waals surface area contributed by atoms with Crippen LogP contribution in [-0.4, -0.2) is 13.1 Å². The van der Waals surface area contributed by atoms with E-state index in [1.165, 1.54) is 7.11 Å². The Labute approximate surface area is 87.6 Å². The first-order chi connectivity index (χ1) is 7.17. The van der Waals surface area contributed by atoms with Crippen LogP contribution in [0.15, 0.2) is 18.2 Å². The number of benzene rings is 1. The van der Waals surface area contributed by atoms with Crippen molar-refractivity contribution in [2.45, 2.75) is 6.92 Å². The van der Waals surface area contributed by atoms with Gasteiger partial charge in [-0.05, 0) is 30.7 Å². The first-order valence-corrected chi connectivity index (χ1v) is 4.28. The van der Waals surface area contributed by atoms with Gasteiger partial charge in [-0.2, -0.15) is 5.26 Å². The molecule has 1 rings (SSSR count). The molecule has 0 radical (unpaired) electrons. The Hall–Kier alpha value is -2.06. The van der Waals surface area contributed by atoms with Gasteiger partial charge >= 0.3 is 6.03 Å². The molecular weight excluding hydrogens is 194 g/mol. The number of rotatable bonds is 2. The highest BCUT2D eigenvalue weighted by Crippen LogP contribution is 2.15. The highest BCUT2D eigenvalue weighted by Gasteiger charge is 2.03. The van der Waals surface area contributed by atoms with Crippen molar-refractivity contribution in [2.24, 2.45) is 0 Å². The monoisotopic (exact) mass is 205 g/mol. The Bertz CT molecular complexity index is 410. The third-order valence-corrected chi connectivity index (χ3v) is 1.80. The van der Waals surface area contributed by atoms with E-state index in [1.807, 2.05) is 13.0 Å². The zero-order valence-electron chi connectivity index (χ0n) is 8.50. The Morgan fingerprint density at radius 3 is 2.80 bits per heavy atom. The molecule has 5 nitrogen and oxygen atoms in total. The van der Waals surface area contributed by atoms with E-state index < -0.39 is 6.03 Å². The van der Waals surface area contributed by atoms with E-state index in [4.69, 9.17) is 5.26 Å². The minimum absolute atomic E-state index is 0.453. The molecule has 0 saturated heterocycles. The van der Waals surface area contributed by atoms with Crippen LogP contribution >= 0.6 is 0 Å². The molecule has 78 valence electrons. The summed E-state index contributed by atoms with van der Waals surface area (Å²) < 4.78 is 0. The Morgan fingerprint density at radius 2 is 2.27 bits per heavy atom. The van der Waals surface area contributed by atoms with Crippen LogP contribution in [-0.2, 0) is 4.84 Å². The standard InChI is InChI=1S/C10H11N3O2/c1-7-5-8(6-11)3-4-9(7)12-10(14)13-15-2/h3-5H,1-2H3,(H2,12,13,14). The molecule has 15 heavy (non-hydrogen) atoms. The van der Waals surface area contributed by atoms with Crippen molar-refractivity contribution < 1.29 is 9.63 Å². The molecule has 5 heteroatoms. The van der Waals surface area contributed by atoms with Crippen LogP contribution in [0.3, 0.4) is 0 Å². The molecule has 0 spiro atoms. The number of aryl methyl sites for hydroxylation is 1. The maximum Gasteiger partial charge on any atom is 0.343 e. The van der Waals surface area contributed by atoms with E-state index in [1.54, 1.807) is 18.2 Å². The molecule has 0 atom stereocenters. The number of nitriles is 1. The van der Waals surface area contributed by atoms with E-state index in [0.29, 0.717) is 11.3 Å². The van der Waals surface area contributed by atoms with Gasteiger partial charge in [0.1, 0.15) is 0 Å². The summed E-state index contributed by atoms with van der Waals surface area (Å²) in [5.41, 5.74) is 4.16. The minimum Gasteiger partial charge on any atom is -0.306 e. The van der Waals surface area contributed by atoms with E-state index >= 15 is 0 Å². The lowest BCUT2D eigenvalue weighted by Crippen LogP contribution is -2.27. The van der Waals surface area contributed by atoms with Crippen LogP contribution in [0, 0.1) is 18.3 Å². The molecule has 0 bridgehead atoms. The van der Waals surface area contributed by atoms with Crippen LogP contribution in [0.25, 0.3) is 0 Å². The summed E-state index contributed by atoms with van der Waals surface area (Å²) in [7, 11) is 1.35. The maximum atomic E-state index is 11.1. The summed E-state index contributed by atoms with van der Waals surface area (Å²) >= 11 is 0. The Morgan fingerprint density at radius 1 is 1.53 bits per heavy atom. The van der Waals surface area contributed by atoms with Gasteiger partial charge in [-0.15, -0.1) is 0 Å². The van der Waals surface area contributed by atoms with Crippen LogP contribution in [0.2, 0.25) is 0 Å². The average Bonchev–Trinajstić information content (AvgIpc) is 2.21. The summed E-state index contributed by atoms with van der Waals surface area (Å²) in [5, 5.41) is 11.2. The number of hydrogen-bond acceptors (Lipinski definition) is 3. The largest absolute Gasteiger partial charge is 0.343 e. The summed E-state index contributed by atoms with van der Waals surface area (Å²) in [6.45, 7) is 1.81. The topological polar surface area (TPSA) is 74.2 Å². The lowest BCUT2D eigenvalue weighted by atomic mass is 10.1. The molecule has 2 N–H and O–H groups in total. The summed E-state index contributed by atoms with van der Waals surface area (Å²) in [5.74, 6) is 0. The van der Waals surface area contributed by atoms with Crippen LogP contribution in [0.1, 0.15) is 11.1 Å². The first-order valence-electron chi connectivity index (χ1n) is 4.28. The third kappa shape index (κ3) is 2.97. The van der Waals surface area contributed by atoms with Gasteiger partial charge < -0.3 is 5.32 Å². The van der Waals surface area contributed by atoms with Gasteiger partial charge in [0.05, 0.1) is 18.7 Å². The van der Waals surface area contributed by atoms with Crippen LogP contribution in [0.5, 0.6) is 0 Å². The number of hydrogen-bond donors (Lipinski definition) is 2. The molecule has 0 fully saturated rings. The lowest BCUT2D eigenvalue weighted by molar-refractivity contribution is 0.114. The summed E-state index contributed by atoms with van der Waals surface area (Å²) in [6.07, 6.45) is 0. The van der Waals surface area contributed by atoms with Crippen LogP contribution in [0.4, 0.5) is 10.5 Å². The highest BCUT2D eigenvalue weighted by molar-refractivity contribution is 5.89. The molecule has 1 aromatic rings. The van der Waals surface area contributed by atoms with Gasteiger partial charge in [-0.3, -0.25) is 4.84 Å². The third-order valence-electron chi connectivity index (χ3n) is 1.80. The van der Waals surface area contributed by atoms with Crippen LogP contribution < -0.4 is 10.8 Å². The summed E-state index contributed by atoms with van der Waals surface area (Å²) in [4.78, 5) is 15.6. The predicted octanol–water partition coefficient (Wildman–Crippen LogP) is 1.55. The average molecular weight is 205 g/mol. The molecule has 0 aliphatic rings. The molecule has 2 amide bonds. The first kappa shape index (κ1) is 11.0. The second-order valence-electron chi connectivity index (χ2n) is 2.90. The number of carbonyl (C=O) groups is 1. The van der Waals surface area contributed by atoms with E-state index in [-0.39, 0.29) is 0 Å². The predicted molar refractivity (Wildman–Crippen MR) is 55.1 cm³/mol. The number of urea groups is 1. The van der Waals surface area contributed by atoms with Gasteiger partial charge in [0, 0.05) is 5.69 Å². The number of amides is 2. The van der Waals surface area contributed by atoms with Crippen molar-refractivity contribution in [1.29, 1.82) is 5.26 Å². The fourth-order valence-corrected chi connectivity index (χ4v) is 1.11. The zero-order chi connectivity index (χ0) is 11.3. The van der Waals surface area contributed by atoms with Crippen molar-refractivity contribution in [3.8, 4) is 6.07 Å². The number of nitrogens with one attached hydrogen (secondary N) is 2. The van der Waals surface area contributed by atoms with Gasteiger partial charge in [-0.25, -0.2) is 10.3 Å². The minimum atomic E-state index is -0.453. The summed E-state index contributed by atoms with van der Waals surface area (Å²) in [6, 6.07) is 6.57. The highest BCUT2D eigenvalue weighted by atomic mass is 16.6. The molecule has 0 unspecified atom stereocenters. The molecule has 0 heterocycles. The SMILES string of the molecule is CONC(=O)Nc1ccc(C#N)cc1C. The van der Waals surface area contributed by atoms with Gasteiger partial charge in [0.2, 0.25) is 0 Å². The Kier molecular flexibility index (Phi) is 3.66. The van der Waals surface area contributed by atoms with Crippen molar-refractivity contribution in [3.63, 3.8) is 0 Å². The normalized spacial score (nSPS) is 9.13. The zero-order valence-corrected chi connectivity index (χ0v) is 8.50. The molecule has 1 aromatic carbocycles.